The summed E-state index contributed by atoms with van der Waals surface area (Å²) >= 11 is 0. The molecular formula is C50H64N2O2. The van der Waals surface area contributed by atoms with Crippen molar-refractivity contribution in [2.45, 2.75) is 114 Å². The maximum Gasteiger partial charge on any atom is 0.208 e. The molecule has 0 spiro atoms. The van der Waals surface area contributed by atoms with Crippen molar-refractivity contribution in [3.8, 4) is 0 Å². The molecule has 2 aliphatic rings. The molecule has 2 aliphatic carbocycles. The van der Waals surface area contributed by atoms with E-state index in [1.54, 1.807) is 0 Å². The monoisotopic (exact) mass is 724 g/mol. The summed E-state index contributed by atoms with van der Waals surface area (Å²) in [5, 5.41) is 13.7. The normalized spacial score (nSPS) is 15.3. The quantitative estimate of drug-likeness (QED) is 0.103. The van der Waals surface area contributed by atoms with Gasteiger partial charge in [0.25, 0.3) is 0 Å². The number of allylic oxidation sites excluding steroid dienone is 7. The molecule has 4 nitrogen and oxygen atoms in total. The molecule has 0 N–H and O–H groups in total. The van der Waals surface area contributed by atoms with Gasteiger partial charge in [-0.1, -0.05) is 114 Å². The summed E-state index contributed by atoms with van der Waals surface area (Å²) in [4.78, 5) is 16.1. The number of ketones is 1. The zero-order valence-electron chi connectivity index (χ0n) is 34.6. The molecule has 0 heterocycles. The van der Waals surface area contributed by atoms with Crippen LogP contribution in [0.2, 0.25) is 0 Å². The SMILES string of the molecule is CCCCC(CC)C[N+](=C1C=CC(=C2C(=O)C(c3ccc(N(CCC(C)CCCC(C)C)c4ccc(C)cc4C)cc3)=C2[O-])C=C1)c1ccc(C)cc1C. The van der Waals surface area contributed by atoms with Gasteiger partial charge in [0.1, 0.15) is 0 Å². The smallest absolute Gasteiger partial charge is 0.208 e. The molecule has 0 fully saturated rings. The first-order valence-electron chi connectivity index (χ1n) is 20.6. The average molecular weight is 725 g/mol. The minimum absolute atomic E-state index is 0.168. The highest BCUT2D eigenvalue weighted by atomic mass is 16.3. The van der Waals surface area contributed by atoms with Crippen molar-refractivity contribution >= 4 is 34.1 Å². The molecule has 286 valence electrons. The van der Waals surface area contributed by atoms with E-state index in [-0.39, 0.29) is 22.7 Å². The van der Waals surface area contributed by atoms with Gasteiger partial charge < -0.3 is 10.0 Å². The van der Waals surface area contributed by atoms with Gasteiger partial charge >= 0.3 is 0 Å². The van der Waals surface area contributed by atoms with Crippen LogP contribution in [0, 0.1) is 45.4 Å². The van der Waals surface area contributed by atoms with E-state index >= 15 is 0 Å². The lowest BCUT2D eigenvalue weighted by Crippen LogP contribution is -2.30. The first-order chi connectivity index (χ1) is 25.9. The predicted molar refractivity (Wildman–Crippen MR) is 228 cm³/mol. The van der Waals surface area contributed by atoms with E-state index in [1.807, 2.05) is 24.3 Å². The van der Waals surface area contributed by atoms with E-state index in [9.17, 15) is 9.90 Å². The van der Waals surface area contributed by atoms with E-state index in [4.69, 9.17) is 0 Å². The number of rotatable bonds is 17. The Morgan fingerprint density at radius 2 is 1.39 bits per heavy atom. The Balaban J connectivity index is 1.39. The third kappa shape index (κ3) is 9.80. The van der Waals surface area contributed by atoms with Crippen LogP contribution in [0.3, 0.4) is 0 Å². The molecule has 2 unspecified atom stereocenters. The molecule has 3 aromatic carbocycles. The molecule has 0 radical (unpaired) electrons. The highest BCUT2D eigenvalue weighted by molar-refractivity contribution is 6.39. The van der Waals surface area contributed by atoms with Crippen LogP contribution < -0.4 is 10.0 Å². The second kappa shape index (κ2) is 18.7. The van der Waals surface area contributed by atoms with Crippen molar-refractivity contribution in [2.75, 3.05) is 18.0 Å². The molecule has 0 amide bonds. The fourth-order valence-corrected chi connectivity index (χ4v) is 8.03. The van der Waals surface area contributed by atoms with Crippen LogP contribution in [-0.2, 0) is 4.79 Å². The maximum absolute atomic E-state index is 13.7. The summed E-state index contributed by atoms with van der Waals surface area (Å²) in [6.45, 7) is 22.0. The number of hydrogen-bond acceptors (Lipinski definition) is 3. The summed E-state index contributed by atoms with van der Waals surface area (Å²) in [6.07, 6.45) is 17.7. The minimum atomic E-state index is -0.168. The number of hydrogen-bond donors (Lipinski definition) is 0. The number of nitrogens with zero attached hydrogens (tertiary/aromatic N) is 2. The lowest BCUT2D eigenvalue weighted by molar-refractivity contribution is -0.449. The van der Waals surface area contributed by atoms with Gasteiger partial charge in [-0.2, -0.15) is 4.58 Å². The molecule has 3 aromatic rings. The summed E-state index contributed by atoms with van der Waals surface area (Å²) < 4.78 is 2.42. The van der Waals surface area contributed by atoms with Crippen LogP contribution in [0.5, 0.6) is 0 Å². The summed E-state index contributed by atoms with van der Waals surface area (Å²) in [5.74, 6) is 1.62. The fourth-order valence-electron chi connectivity index (χ4n) is 8.03. The molecule has 0 aromatic heterocycles. The summed E-state index contributed by atoms with van der Waals surface area (Å²) in [6, 6.07) is 21.3. The van der Waals surface area contributed by atoms with Gasteiger partial charge in [0.05, 0.1) is 0 Å². The van der Waals surface area contributed by atoms with Crippen molar-refractivity contribution in [3.63, 3.8) is 0 Å². The van der Waals surface area contributed by atoms with E-state index in [0.717, 1.165) is 43.2 Å². The number of unbranched alkanes of at least 4 members (excludes halogenated alkanes) is 1. The van der Waals surface area contributed by atoms with Crippen molar-refractivity contribution in [2.24, 2.45) is 17.8 Å². The molecule has 0 saturated heterocycles. The standard InChI is InChI=1S/C50H64N2O2/c1-10-12-16-40(11-2)33-52(46-28-18-37(7)32-39(46)9)44-25-21-42(22-26-44)48-49(53)47(50(48)54)41-19-23-43(24-20-41)51(45-27-17-36(6)31-38(45)8)30-29-35(5)15-13-14-34(3)4/h17-28,31-32,34-35,40H,10-16,29-30,33H2,1-9H3. The van der Waals surface area contributed by atoms with Crippen molar-refractivity contribution in [1.82, 2.24) is 0 Å². The number of aryl methyl sites for hydroxylation is 4. The van der Waals surface area contributed by atoms with Gasteiger partial charge in [-0.25, -0.2) is 0 Å². The number of carbonyl (C=O) groups is 1. The number of Topliss-reactive ketones (excluding diaryl/α,β-unsaturated/α-hetero) is 1. The highest BCUT2D eigenvalue weighted by Gasteiger charge is 2.31. The minimum Gasteiger partial charge on any atom is -0.871 e. The van der Waals surface area contributed by atoms with E-state index in [1.165, 1.54) is 72.2 Å². The van der Waals surface area contributed by atoms with Gasteiger partial charge in [0, 0.05) is 58.8 Å². The highest BCUT2D eigenvalue weighted by Crippen LogP contribution is 2.39. The number of carbonyl (C=O) groups excluding carboxylic acids is 1. The Morgan fingerprint density at radius 1 is 0.722 bits per heavy atom. The van der Waals surface area contributed by atoms with Crippen LogP contribution in [0.15, 0.2) is 102 Å². The molecule has 0 saturated carbocycles. The van der Waals surface area contributed by atoms with Gasteiger partial charge in [0.15, 0.2) is 12.3 Å². The van der Waals surface area contributed by atoms with Gasteiger partial charge in [-0.15, -0.1) is 0 Å². The lowest BCUT2D eigenvalue weighted by Gasteiger charge is -2.33. The predicted octanol–water partition coefficient (Wildman–Crippen LogP) is 12.0. The van der Waals surface area contributed by atoms with E-state index in [0.29, 0.717) is 23.0 Å². The van der Waals surface area contributed by atoms with Crippen LogP contribution in [0.4, 0.5) is 17.1 Å². The first kappa shape index (κ1) is 40.7. The molecule has 4 heteroatoms. The second-order valence-corrected chi connectivity index (χ2v) is 16.5. The van der Waals surface area contributed by atoms with Gasteiger partial charge in [-0.05, 0) is 112 Å². The molecule has 0 bridgehead atoms. The largest absolute Gasteiger partial charge is 0.871 e. The topological polar surface area (TPSA) is 46.4 Å². The van der Waals surface area contributed by atoms with Crippen LogP contribution in [0.25, 0.3) is 5.57 Å². The third-order valence-corrected chi connectivity index (χ3v) is 11.4. The van der Waals surface area contributed by atoms with Crippen molar-refractivity contribution in [1.29, 1.82) is 0 Å². The van der Waals surface area contributed by atoms with Crippen LogP contribution >= 0.6 is 0 Å². The van der Waals surface area contributed by atoms with Gasteiger partial charge in [-0.3, -0.25) is 4.79 Å². The van der Waals surface area contributed by atoms with Crippen LogP contribution in [-0.4, -0.2) is 29.2 Å². The molecule has 5 rings (SSSR count). The van der Waals surface area contributed by atoms with E-state index < -0.39 is 0 Å². The lowest BCUT2D eigenvalue weighted by atomic mass is 9.80. The Hall–Kier alpha value is -4.44. The summed E-state index contributed by atoms with van der Waals surface area (Å²) in [7, 11) is 0. The Morgan fingerprint density at radius 3 is 1.98 bits per heavy atom. The van der Waals surface area contributed by atoms with Crippen molar-refractivity contribution in [3.05, 3.63) is 130 Å². The second-order valence-electron chi connectivity index (χ2n) is 16.5. The number of anilines is 2. The Kier molecular flexibility index (Phi) is 14.1. The maximum atomic E-state index is 13.7. The fraction of sp³-hybridized carbons (Fsp3) is 0.440. The Bertz CT molecular complexity index is 1930. The first-order valence-corrected chi connectivity index (χ1v) is 20.6. The average Bonchev–Trinajstić information content (AvgIpc) is 3.14. The van der Waals surface area contributed by atoms with Crippen molar-refractivity contribution < 1.29 is 14.5 Å². The zero-order chi connectivity index (χ0) is 38.9. The number of benzene rings is 3. The zero-order valence-corrected chi connectivity index (χ0v) is 34.6. The molecule has 54 heavy (non-hydrogen) atoms. The van der Waals surface area contributed by atoms with Crippen LogP contribution in [0.1, 0.15) is 114 Å². The molecule has 0 aliphatic heterocycles. The molecular weight excluding hydrogens is 661 g/mol. The third-order valence-electron chi connectivity index (χ3n) is 11.4. The van der Waals surface area contributed by atoms with Gasteiger partial charge in [0.2, 0.25) is 11.4 Å². The van der Waals surface area contributed by atoms with E-state index in [2.05, 4.69) is 132 Å². The Labute approximate surface area is 326 Å². The molecule has 2 atom stereocenters. The summed E-state index contributed by atoms with van der Waals surface area (Å²) in [5.41, 5.74) is 11.5.